The van der Waals surface area contributed by atoms with Gasteiger partial charge >= 0.3 is 0 Å². The molecule has 2 N–H and O–H groups in total. The summed E-state index contributed by atoms with van der Waals surface area (Å²) in [5, 5.41) is 6.37. The third-order valence-electron chi connectivity index (χ3n) is 3.10. The molecule has 2 unspecified atom stereocenters. The second-order valence-electron chi connectivity index (χ2n) is 5.18. The van der Waals surface area contributed by atoms with Crippen molar-refractivity contribution in [2.24, 2.45) is 0 Å². The fourth-order valence-electron chi connectivity index (χ4n) is 2.08. The first kappa shape index (κ1) is 13.5. The van der Waals surface area contributed by atoms with Crippen LogP contribution in [0.2, 0.25) is 0 Å². The maximum absolute atomic E-state index is 11.6. The van der Waals surface area contributed by atoms with Crippen LogP contribution in [0.15, 0.2) is 0 Å². The zero-order chi connectivity index (χ0) is 12.1. The first-order valence-corrected chi connectivity index (χ1v) is 6.22. The van der Waals surface area contributed by atoms with Crippen LogP contribution in [0.5, 0.6) is 0 Å². The van der Waals surface area contributed by atoms with E-state index in [-0.39, 0.29) is 11.9 Å². The van der Waals surface area contributed by atoms with E-state index in [0.717, 1.165) is 6.54 Å². The van der Waals surface area contributed by atoms with Crippen LogP contribution in [0.1, 0.15) is 33.6 Å². The number of piperidine rings is 1. The molecule has 1 saturated heterocycles. The molecule has 0 aromatic heterocycles. The van der Waals surface area contributed by atoms with Crippen LogP contribution in [0.3, 0.4) is 0 Å². The molecule has 4 nitrogen and oxygen atoms in total. The molecule has 0 bridgehead atoms. The molecule has 1 aliphatic rings. The van der Waals surface area contributed by atoms with E-state index in [1.807, 2.05) is 20.9 Å². The molecule has 0 aliphatic carbocycles. The van der Waals surface area contributed by atoms with Gasteiger partial charge in [-0.1, -0.05) is 0 Å². The van der Waals surface area contributed by atoms with Crippen LogP contribution in [0.25, 0.3) is 0 Å². The summed E-state index contributed by atoms with van der Waals surface area (Å²) in [5.41, 5.74) is 0. The van der Waals surface area contributed by atoms with Gasteiger partial charge < -0.3 is 10.6 Å². The molecule has 1 heterocycles. The first-order valence-electron chi connectivity index (χ1n) is 6.22. The molecule has 0 aromatic carbocycles. The third kappa shape index (κ3) is 4.49. The molecule has 0 aromatic rings. The van der Waals surface area contributed by atoms with Gasteiger partial charge in [-0.25, -0.2) is 0 Å². The highest BCUT2D eigenvalue weighted by molar-refractivity contribution is 5.78. The summed E-state index contributed by atoms with van der Waals surface area (Å²) in [6.45, 7) is 7.68. The summed E-state index contributed by atoms with van der Waals surface area (Å²) in [6, 6.07) is 1.34. The highest BCUT2D eigenvalue weighted by atomic mass is 16.2. The van der Waals surface area contributed by atoms with Crippen molar-refractivity contribution in [1.29, 1.82) is 0 Å². The molecule has 0 radical (unpaired) electrons. The minimum atomic E-state index is 0.121. The smallest absolute Gasteiger partial charge is 0.234 e. The van der Waals surface area contributed by atoms with Gasteiger partial charge in [0.25, 0.3) is 0 Å². The highest BCUT2D eigenvalue weighted by Gasteiger charge is 2.22. The number of carbonyl (C=O) groups is 1. The van der Waals surface area contributed by atoms with E-state index in [1.165, 1.54) is 12.8 Å². The Hall–Kier alpha value is -0.610. The van der Waals surface area contributed by atoms with Crippen molar-refractivity contribution in [3.63, 3.8) is 0 Å². The van der Waals surface area contributed by atoms with Crippen molar-refractivity contribution < 1.29 is 4.79 Å². The van der Waals surface area contributed by atoms with Crippen LogP contribution in [-0.4, -0.2) is 49.1 Å². The summed E-state index contributed by atoms with van der Waals surface area (Å²) in [4.78, 5) is 13.7. The van der Waals surface area contributed by atoms with E-state index in [4.69, 9.17) is 0 Å². The van der Waals surface area contributed by atoms with Gasteiger partial charge in [-0.15, -0.1) is 0 Å². The predicted octanol–water partition coefficient (Wildman–Crippen LogP) is 0.583. The second kappa shape index (κ2) is 6.21. The van der Waals surface area contributed by atoms with Gasteiger partial charge in [0.2, 0.25) is 5.91 Å². The normalized spacial score (nSPS) is 26.1. The summed E-state index contributed by atoms with van der Waals surface area (Å²) in [7, 11) is 2.03. The quantitative estimate of drug-likeness (QED) is 0.738. The van der Waals surface area contributed by atoms with Crippen LogP contribution in [-0.2, 0) is 4.79 Å². The van der Waals surface area contributed by atoms with Crippen LogP contribution >= 0.6 is 0 Å². The molecule has 1 rings (SSSR count). The van der Waals surface area contributed by atoms with Crippen molar-refractivity contribution in [2.75, 3.05) is 20.1 Å². The summed E-state index contributed by atoms with van der Waals surface area (Å²) in [6.07, 6.45) is 2.38. The zero-order valence-electron chi connectivity index (χ0n) is 10.9. The Morgan fingerprint density at radius 3 is 2.69 bits per heavy atom. The Kier molecular flexibility index (Phi) is 5.22. The lowest BCUT2D eigenvalue weighted by atomic mass is 10.0. The minimum absolute atomic E-state index is 0.121. The molecule has 1 aliphatic heterocycles. The molecular weight excluding hydrogens is 202 g/mol. The third-order valence-corrected chi connectivity index (χ3v) is 3.10. The van der Waals surface area contributed by atoms with Gasteiger partial charge in [0.15, 0.2) is 0 Å². The lowest BCUT2D eigenvalue weighted by Crippen LogP contribution is -2.50. The molecule has 1 fully saturated rings. The molecule has 1 amide bonds. The molecule has 0 saturated carbocycles. The molecule has 16 heavy (non-hydrogen) atoms. The summed E-state index contributed by atoms with van der Waals surface area (Å²) >= 11 is 0. The van der Waals surface area contributed by atoms with Crippen LogP contribution in [0.4, 0.5) is 0 Å². The van der Waals surface area contributed by atoms with E-state index in [0.29, 0.717) is 18.6 Å². The fourth-order valence-corrected chi connectivity index (χ4v) is 2.08. The standard InChI is InChI=1S/C12H25N3O/c1-9(2)14-12(16)8-15(4)11-6-5-10(3)13-7-11/h9-11,13H,5-8H2,1-4H3,(H,14,16). The number of carbonyl (C=O) groups excluding carboxylic acids is 1. The van der Waals surface area contributed by atoms with Gasteiger partial charge in [-0.2, -0.15) is 0 Å². The number of nitrogens with zero attached hydrogens (tertiary/aromatic N) is 1. The average Bonchev–Trinajstić information content (AvgIpc) is 2.16. The molecule has 0 spiro atoms. The van der Waals surface area contributed by atoms with Gasteiger partial charge in [-0.3, -0.25) is 9.69 Å². The highest BCUT2D eigenvalue weighted by Crippen LogP contribution is 2.12. The van der Waals surface area contributed by atoms with E-state index >= 15 is 0 Å². The van der Waals surface area contributed by atoms with E-state index in [9.17, 15) is 4.79 Å². The average molecular weight is 227 g/mol. The Morgan fingerprint density at radius 1 is 1.50 bits per heavy atom. The maximum atomic E-state index is 11.6. The van der Waals surface area contributed by atoms with Gasteiger partial charge in [0.05, 0.1) is 6.54 Å². The lowest BCUT2D eigenvalue weighted by Gasteiger charge is -2.34. The minimum Gasteiger partial charge on any atom is -0.353 e. The van der Waals surface area contributed by atoms with Crippen molar-refractivity contribution >= 4 is 5.91 Å². The fraction of sp³-hybridized carbons (Fsp3) is 0.917. The number of hydrogen-bond donors (Lipinski definition) is 2. The van der Waals surface area contributed by atoms with E-state index in [2.05, 4.69) is 22.5 Å². The van der Waals surface area contributed by atoms with Crippen molar-refractivity contribution in [3.05, 3.63) is 0 Å². The number of hydrogen-bond acceptors (Lipinski definition) is 3. The number of nitrogens with one attached hydrogen (secondary N) is 2. The van der Waals surface area contributed by atoms with E-state index in [1.54, 1.807) is 0 Å². The molecule has 2 atom stereocenters. The van der Waals surface area contributed by atoms with Gasteiger partial charge in [0, 0.05) is 24.7 Å². The summed E-state index contributed by atoms with van der Waals surface area (Å²) < 4.78 is 0. The number of rotatable bonds is 4. The topological polar surface area (TPSA) is 44.4 Å². The summed E-state index contributed by atoms with van der Waals surface area (Å²) in [5.74, 6) is 0.121. The second-order valence-corrected chi connectivity index (χ2v) is 5.18. The first-order chi connectivity index (χ1) is 7.49. The van der Waals surface area contributed by atoms with E-state index < -0.39 is 0 Å². The Morgan fingerprint density at radius 2 is 2.19 bits per heavy atom. The zero-order valence-corrected chi connectivity index (χ0v) is 10.9. The maximum Gasteiger partial charge on any atom is 0.234 e. The largest absolute Gasteiger partial charge is 0.353 e. The number of amides is 1. The van der Waals surface area contributed by atoms with Crippen molar-refractivity contribution in [3.8, 4) is 0 Å². The van der Waals surface area contributed by atoms with Crippen LogP contribution < -0.4 is 10.6 Å². The van der Waals surface area contributed by atoms with Gasteiger partial charge in [0.1, 0.15) is 0 Å². The van der Waals surface area contributed by atoms with Crippen LogP contribution in [0, 0.1) is 0 Å². The van der Waals surface area contributed by atoms with Crippen molar-refractivity contribution in [2.45, 2.75) is 51.7 Å². The van der Waals surface area contributed by atoms with Gasteiger partial charge in [-0.05, 0) is 40.7 Å². The Balaban J connectivity index is 2.29. The monoisotopic (exact) mass is 227 g/mol. The predicted molar refractivity (Wildman–Crippen MR) is 66.4 cm³/mol. The molecular formula is C12H25N3O. The SMILES string of the molecule is CC(C)NC(=O)CN(C)C1CCC(C)NC1. The Bertz CT molecular complexity index is 222. The Labute approximate surface area is 98.8 Å². The molecule has 94 valence electrons. The lowest BCUT2D eigenvalue weighted by molar-refractivity contribution is -0.123. The molecule has 4 heteroatoms. The van der Waals surface area contributed by atoms with Crippen molar-refractivity contribution in [1.82, 2.24) is 15.5 Å². The number of likely N-dealkylation sites (N-methyl/N-ethyl adjacent to an activating group) is 1.